The Kier molecular flexibility index (Phi) is 10.7. The highest BCUT2D eigenvalue weighted by Crippen LogP contribution is 2.23. The summed E-state index contributed by atoms with van der Waals surface area (Å²) >= 11 is 0. The van der Waals surface area contributed by atoms with Gasteiger partial charge in [-0.15, -0.1) is 0 Å². The van der Waals surface area contributed by atoms with Crippen molar-refractivity contribution in [2.24, 2.45) is 5.92 Å². The molecule has 9 heteroatoms. The number of carbonyl (C=O) groups excluding carboxylic acids is 2. The Labute approximate surface area is 238 Å². The molecule has 3 aromatic rings. The molecule has 0 aliphatic rings. The van der Waals surface area contributed by atoms with Crippen LogP contribution < -0.4 is 14.4 Å². The average molecular weight is 566 g/mol. The minimum Gasteiger partial charge on any atom is -0.489 e. The molecule has 0 saturated carbocycles. The van der Waals surface area contributed by atoms with Crippen molar-refractivity contribution in [3.8, 4) is 5.75 Å². The Hall–Kier alpha value is -3.85. The molecule has 0 saturated heterocycles. The summed E-state index contributed by atoms with van der Waals surface area (Å²) in [4.78, 5) is 28.0. The van der Waals surface area contributed by atoms with Crippen molar-refractivity contribution >= 4 is 27.5 Å². The number of benzene rings is 3. The van der Waals surface area contributed by atoms with Crippen LogP contribution in [0, 0.1) is 12.8 Å². The number of rotatable bonds is 13. The molecule has 8 nitrogen and oxygen atoms in total. The monoisotopic (exact) mass is 565 g/mol. The van der Waals surface area contributed by atoms with Gasteiger partial charge in [-0.3, -0.25) is 13.9 Å². The topological polar surface area (TPSA) is 96.0 Å². The van der Waals surface area contributed by atoms with Gasteiger partial charge in [0.05, 0.1) is 11.9 Å². The first-order valence-electron chi connectivity index (χ1n) is 13.3. The lowest BCUT2D eigenvalue weighted by molar-refractivity contribution is -0.139. The molecule has 2 amide bonds. The SMILES string of the molecule is Cc1ccc(CN(C(=O)CN(c2ccc(OCc3ccccc3)cc2)S(C)(=O)=O)[C@H](C)C(=O)NCC(C)C)cc1. The molecular formula is C31H39N3O5S. The van der Waals surface area contributed by atoms with Crippen molar-refractivity contribution in [2.75, 3.05) is 23.7 Å². The predicted octanol–water partition coefficient (Wildman–Crippen LogP) is 4.53. The molecule has 0 fully saturated rings. The van der Waals surface area contributed by atoms with Crippen LogP contribution in [-0.4, -0.2) is 50.5 Å². The fraction of sp³-hybridized carbons (Fsp3) is 0.355. The number of hydrogen-bond acceptors (Lipinski definition) is 5. The molecule has 0 aromatic heterocycles. The van der Waals surface area contributed by atoms with E-state index < -0.39 is 28.5 Å². The highest BCUT2D eigenvalue weighted by Gasteiger charge is 2.30. The second-order valence-electron chi connectivity index (χ2n) is 10.4. The third-order valence-electron chi connectivity index (χ3n) is 6.38. The average Bonchev–Trinajstić information content (AvgIpc) is 2.93. The van der Waals surface area contributed by atoms with Crippen LogP contribution in [-0.2, 0) is 32.8 Å². The van der Waals surface area contributed by atoms with Gasteiger partial charge in [0.15, 0.2) is 0 Å². The summed E-state index contributed by atoms with van der Waals surface area (Å²) in [7, 11) is -3.82. The number of nitrogens with zero attached hydrogens (tertiary/aromatic N) is 2. The van der Waals surface area contributed by atoms with Gasteiger partial charge in [-0.25, -0.2) is 8.42 Å². The number of ether oxygens (including phenoxy) is 1. The zero-order valence-corrected chi connectivity index (χ0v) is 24.6. The summed E-state index contributed by atoms with van der Waals surface area (Å²) in [5, 5.41) is 2.88. The van der Waals surface area contributed by atoms with Crippen LogP contribution in [0.2, 0.25) is 0 Å². The summed E-state index contributed by atoms with van der Waals surface area (Å²) in [6, 6.07) is 23.1. The lowest BCUT2D eigenvalue weighted by Gasteiger charge is -2.31. The largest absolute Gasteiger partial charge is 0.489 e. The molecule has 0 bridgehead atoms. The van der Waals surface area contributed by atoms with Crippen molar-refractivity contribution in [2.45, 2.75) is 46.9 Å². The maximum atomic E-state index is 13.7. The molecule has 0 unspecified atom stereocenters. The van der Waals surface area contributed by atoms with Crippen molar-refractivity contribution in [1.82, 2.24) is 10.2 Å². The van der Waals surface area contributed by atoms with Gasteiger partial charge in [0.2, 0.25) is 21.8 Å². The molecule has 214 valence electrons. The molecular weight excluding hydrogens is 526 g/mol. The highest BCUT2D eigenvalue weighted by atomic mass is 32.2. The number of nitrogens with one attached hydrogen (secondary N) is 1. The Morgan fingerprint density at radius 2 is 1.50 bits per heavy atom. The molecule has 40 heavy (non-hydrogen) atoms. The molecule has 0 radical (unpaired) electrons. The van der Waals surface area contributed by atoms with E-state index in [1.165, 1.54) is 4.90 Å². The fourth-order valence-electron chi connectivity index (χ4n) is 3.99. The Morgan fingerprint density at radius 1 is 0.875 bits per heavy atom. The van der Waals surface area contributed by atoms with Crippen molar-refractivity contribution in [1.29, 1.82) is 0 Å². The first-order chi connectivity index (χ1) is 18.9. The predicted molar refractivity (Wildman–Crippen MR) is 158 cm³/mol. The van der Waals surface area contributed by atoms with Crippen LogP contribution in [0.5, 0.6) is 5.75 Å². The van der Waals surface area contributed by atoms with Gasteiger partial charge in [-0.2, -0.15) is 0 Å². The van der Waals surface area contributed by atoms with E-state index in [-0.39, 0.29) is 18.4 Å². The van der Waals surface area contributed by atoms with Crippen LogP contribution in [0.25, 0.3) is 0 Å². The van der Waals surface area contributed by atoms with E-state index in [9.17, 15) is 18.0 Å². The van der Waals surface area contributed by atoms with Crippen LogP contribution in [0.3, 0.4) is 0 Å². The highest BCUT2D eigenvalue weighted by molar-refractivity contribution is 7.92. The summed E-state index contributed by atoms with van der Waals surface area (Å²) in [5.41, 5.74) is 3.25. The van der Waals surface area contributed by atoms with Crippen molar-refractivity contribution < 1.29 is 22.7 Å². The number of aryl methyl sites for hydroxylation is 1. The number of anilines is 1. The van der Waals surface area contributed by atoms with E-state index in [2.05, 4.69) is 5.32 Å². The lowest BCUT2D eigenvalue weighted by atomic mass is 10.1. The number of carbonyl (C=O) groups is 2. The lowest BCUT2D eigenvalue weighted by Crippen LogP contribution is -2.51. The quantitative estimate of drug-likeness (QED) is 0.329. The number of amides is 2. The normalized spacial score (nSPS) is 12.1. The van der Waals surface area contributed by atoms with Crippen LogP contribution in [0.15, 0.2) is 78.9 Å². The second kappa shape index (κ2) is 14.0. The molecule has 1 N–H and O–H groups in total. The maximum absolute atomic E-state index is 13.7. The molecule has 0 spiro atoms. The van der Waals surface area contributed by atoms with Gasteiger partial charge in [-0.1, -0.05) is 74.0 Å². The number of sulfonamides is 1. The number of hydrogen-bond donors (Lipinski definition) is 1. The van der Waals surface area contributed by atoms with Crippen LogP contribution >= 0.6 is 0 Å². The molecule has 1 atom stereocenters. The summed E-state index contributed by atoms with van der Waals surface area (Å²) in [5.74, 6) is 0.0455. The summed E-state index contributed by atoms with van der Waals surface area (Å²) < 4.78 is 32.5. The zero-order chi connectivity index (χ0) is 29.3. The second-order valence-corrected chi connectivity index (χ2v) is 12.3. The minimum atomic E-state index is -3.82. The van der Waals surface area contributed by atoms with Gasteiger partial charge < -0.3 is 15.0 Å². The van der Waals surface area contributed by atoms with E-state index in [4.69, 9.17) is 4.74 Å². The van der Waals surface area contributed by atoms with E-state index >= 15 is 0 Å². The molecule has 3 rings (SSSR count). The first kappa shape index (κ1) is 30.7. The van der Waals surface area contributed by atoms with E-state index in [1.54, 1.807) is 31.2 Å². The van der Waals surface area contributed by atoms with Crippen molar-refractivity contribution in [3.05, 3.63) is 95.6 Å². The third-order valence-corrected chi connectivity index (χ3v) is 7.52. The summed E-state index contributed by atoms with van der Waals surface area (Å²) in [6.07, 6.45) is 1.06. The fourth-order valence-corrected chi connectivity index (χ4v) is 4.84. The van der Waals surface area contributed by atoms with Crippen LogP contribution in [0.4, 0.5) is 5.69 Å². The first-order valence-corrected chi connectivity index (χ1v) is 15.2. The van der Waals surface area contributed by atoms with Gasteiger partial charge in [-0.05, 0) is 55.2 Å². The molecule has 0 heterocycles. The van der Waals surface area contributed by atoms with E-state index in [0.717, 1.165) is 27.3 Å². The van der Waals surface area contributed by atoms with Gasteiger partial charge >= 0.3 is 0 Å². The van der Waals surface area contributed by atoms with Gasteiger partial charge in [0.1, 0.15) is 24.9 Å². The Balaban J connectivity index is 1.80. The standard InChI is InChI=1S/C31H39N3O5S/c1-23(2)19-32-31(36)25(4)33(20-26-13-11-24(3)12-14-26)30(35)21-34(40(5,37)38)28-15-17-29(18-16-28)39-22-27-9-7-6-8-10-27/h6-18,23,25H,19-22H2,1-5H3,(H,32,36)/t25-/m1/s1. The summed E-state index contributed by atoms with van der Waals surface area (Å²) in [6.45, 7) is 8.17. The molecule has 0 aliphatic carbocycles. The van der Waals surface area contributed by atoms with Gasteiger partial charge in [0.25, 0.3) is 0 Å². The Morgan fingerprint density at radius 3 is 2.08 bits per heavy atom. The van der Waals surface area contributed by atoms with Gasteiger partial charge in [0, 0.05) is 13.1 Å². The maximum Gasteiger partial charge on any atom is 0.244 e. The Bertz CT molecular complexity index is 1360. The zero-order valence-electron chi connectivity index (χ0n) is 23.8. The smallest absolute Gasteiger partial charge is 0.244 e. The molecule has 3 aromatic carbocycles. The van der Waals surface area contributed by atoms with Crippen molar-refractivity contribution in [3.63, 3.8) is 0 Å². The van der Waals surface area contributed by atoms with Crippen LogP contribution in [0.1, 0.15) is 37.5 Å². The van der Waals surface area contributed by atoms with E-state index in [1.807, 2.05) is 75.4 Å². The minimum absolute atomic E-state index is 0.166. The third kappa shape index (κ3) is 9.12. The van der Waals surface area contributed by atoms with E-state index in [0.29, 0.717) is 24.6 Å². The molecule has 0 aliphatic heterocycles.